The summed E-state index contributed by atoms with van der Waals surface area (Å²) in [4.78, 5) is 13.4. The Morgan fingerprint density at radius 2 is 1.76 bits per heavy atom. The number of Topliss-reactive ketones (excluding diaryl/α,β-unsaturated/α-hetero) is 1. The number of nitrogen functional groups attached to an aromatic ring is 1. The van der Waals surface area contributed by atoms with Crippen LogP contribution in [0.4, 0.5) is 5.69 Å². The minimum Gasteiger partial charge on any atom is -0.486 e. The zero-order valence-corrected chi connectivity index (χ0v) is 12.2. The van der Waals surface area contributed by atoms with Gasteiger partial charge in [0.1, 0.15) is 13.2 Å². The molecule has 21 heavy (non-hydrogen) atoms. The number of ketones is 1. The number of nitrogens with two attached hydrogens (primary N) is 1. The average molecular weight is 301 g/mol. The molecule has 0 saturated heterocycles. The highest BCUT2D eigenvalue weighted by molar-refractivity contribution is 8.00. The van der Waals surface area contributed by atoms with E-state index < -0.39 is 0 Å². The zero-order chi connectivity index (χ0) is 14.7. The Bertz CT molecular complexity index is 658. The normalized spacial score (nSPS) is 13.0. The van der Waals surface area contributed by atoms with Crippen molar-refractivity contribution >= 4 is 23.2 Å². The van der Waals surface area contributed by atoms with Crippen LogP contribution >= 0.6 is 11.8 Å². The van der Waals surface area contributed by atoms with Crippen LogP contribution in [0.1, 0.15) is 10.4 Å². The van der Waals surface area contributed by atoms with Crippen molar-refractivity contribution in [1.29, 1.82) is 0 Å². The van der Waals surface area contributed by atoms with E-state index in [0.29, 0.717) is 41.7 Å². The number of hydrogen-bond donors (Lipinski definition) is 1. The van der Waals surface area contributed by atoms with E-state index in [1.165, 1.54) is 11.8 Å². The predicted octanol–water partition coefficient (Wildman–Crippen LogP) is 3.02. The minimum atomic E-state index is -0.0154. The zero-order valence-electron chi connectivity index (χ0n) is 11.4. The number of rotatable bonds is 4. The molecule has 0 amide bonds. The van der Waals surface area contributed by atoms with E-state index >= 15 is 0 Å². The number of anilines is 1. The number of carbonyl (C=O) groups excluding carboxylic acids is 1. The second-order valence-corrected chi connectivity index (χ2v) is 5.66. The Hall–Kier alpha value is -2.14. The SMILES string of the molecule is Nc1cc2c(cc1C(=O)CSc1ccccc1)OCCO2. The van der Waals surface area contributed by atoms with Crippen molar-refractivity contribution in [2.75, 3.05) is 24.7 Å². The third-order valence-electron chi connectivity index (χ3n) is 3.13. The molecule has 1 aliphatic rings. The molecule has 0 atom stereocenters. The standard InChI is InChI=1S/C16H15NO3S/c17-13-9-16-15(19-6-7-20-16)8-12(13)14(18)10-21-11-4-2-1-3-5-11/h1-5,8-9H,6-7,10,17H2. The summed E-state index contributed by atoms with van der Waals surface area (Å²) < 4.78 is 10.9. The molecule has 4 nitrogen and oxygen atoms in total. The summed E-state index contributed by atoms with van der Waals surface area (Å²) in [6.07, 6.45) is 0. The van der Waals surface area contributed by atoms with Gasteiger partial charge in [0.25, 0.3) is 0 Å². The first-order valence-corrected chi connectivity index (χ1v) is 7.63. The fraction of sp³-hybridized carbons (Fsp3) is 0.188. The third kappa shape index (κ3) is 3.13. The minimum absolute atomic E-state index is 0.0154. The van der Waals surface area contributed by atoms with Crippen molar-refractivity contribution in [3.05, 3.63) is 48.0 Å². The second-order valence-electron chi connectivity index (χ2n) is 4.61. The van der Waals surface area contributed by atoms with Gasteiger partial charge in [-0.15, -0.1) is 11.8 Å². The smallest absolute Gasteiger partial charge is 0.175 e. The van der Waals surface area contributed by atoms with Crippen LogP contribution in [0, 0.1) is 0 Å². The Labute approximate surface area is 127 Å². The summed E-state index contributed by atoms with van der Waals surface area (Å²) in [5.74, 6) is 1.52. The lowest BCUT2D eigenvalue weighted by Gasteiger charge is -2.19. The summed E-state index contributed by atoms with van der Waals surface area (Å²) in [6, 6.07) is 13.1. The van der Waals surface area contributed by atoms with Crippen molar-refractivity contribution in [2.45, 2.75) is 4.90 Å². The molecule has 0 bridgehead atoms. The molecule has 0 spiro atoms. The Balaban J connectivity index is 1.75. The van der Waals surface area contributed by atoms with Gasteiger partial charge in [0.15, 0.2) is 17.3 Å². The van der Waals surface area contributed by atoms with Crippen LogP contribution in [0.25, 0.3) is 0 Å². The van der Waals surface area contributed by atoms with Gasteiger partial charge in [-0.25, -0.2) is 0 Å². The summed E-state index contributed by atoms with van der Waals surface area (Å²) in [6.45, 7) is 0.993. The highest BCUT2D eigenvalue weighted by atomic mass is 32.2. The van der Waals surface area contributed by atoms with Gasteiger partial charge in [0, 0.05) is 22.2 Å². The first-order chi connectivity index (χ1) is 10.2. The first kappa shape index (κ1) is 13.8. The third-order valence-corrected chi connectivity index (χ3v) is 4.14. The van der Waals surface area contributed by atoms with Crippen molar-refractivity contribution in [1.82, 2.24) is 0 Å². The van der Waals surface area contributed by atoms with Gasteiger partial charge in [0.05, 0.1) is 5.75 Å². The van der Waals surface area contributed by atoms with Gasteiger partial charge in [-0.3, -0.25) is 4.79 Å². The number of benzene rings is 2. The van der Waals surface area contributed by atoms with E-state index in [9.17, 15) is 4.79 Å². The lowest BCUT2D eigenvalue weighted by molar-refractivity contribution is 0.102. The molecule has 2 N–H and O–H groups in total. The molecule has 0 fully saturated rings. The number of hydrogen-bond acceptors (Lipinski definition) is 5. The summed E-state index contributed by atoms with van der Waals surface area (Å²) in [7, 11) is 0. The van der Waals surface area contributed by atoms with Crippen molar-refractivity contribution < 1.29 is 14.3 Å². The molecule has 1 heterocycles. The molecule has 0 radical (unpaired) electrons. The molecule has 0 saturated carbocycles. The average Bonchev–Trinajstić information content (AvgIpc) is 2.53. The lowest BCUT2D eigenvalue weighted by atomic mass is 10.1. The quantitative estimate of drug-likeness (QED) is 0.534. The van der Waals surface area contributed by atoms with Crippen molar-refractivity contribution in [3.8, 4) is 11.5 Å². The molecule has 2 aromatic rings. The Morgan fingerprint density at radius 1 is 1.10 bits per heavy atom. The maximum Gasteiger partial charge on any atom is 0.175 e. The summed E-state index contributed by atoms with van der Waals surface area (Å²) >= 11 is 1.49. The van der Waals surface area contributed by atoms with Crippen LogP contribution in [0.15, 0.2) is 47.4 Å². The maximum atomic E-state index is 12.3. The van der Waals surface area contributed by atoms with Gasteiger partial charge in [-0.2, -0.15) is 0 Å². The van der Waals surface area contributed by atoms with Crippen molar-refractivity contribution in [3.63, 3.8) is 0 Å². The van der Waals surface area contributed by atoms with Crippen LogP contribution < -0.4 is 15.2 Å². The number of carbonyl (C=O) groups is 1. The highest BCUT2D eigenvalue weighted by Crippen LogP contribution is 2.35. The lowest BCUT2D eigenvalue weighted by Crippen LogP contribution is -2.17. The summed E-state index contributed by atoms with van der Waals surface area (Å²) in [5.41, 5.74) is 6.87. The van der Waals surface area contributed by atoms with E-state index in [2.05, 4.69) is 0 Å². The predicted molar refractivity (Wildman–Crippen MR) is 83.3 cm³/mol. The topological polar surface area (TPSA) is 61.6 Å². The summed E-state index contributed by atoms with van der Waals surface area (Å²) in [5, 5.41) is 0. The molecule has 0 aromatic heterocycles. The monoisotopic (exact) mass is 301 g/mol. The second kappa shape index (κ2) is 6.10. The Kier molecular flexibility index (Phi) is 4.01. The highest BCUT2D eigenvalue weighted by Gasteiger charge is 2.18. The number of fused-ring (bicyclic) bond motifs is 1. The van der Waals surface area contributed by atoms with Crippen LogP contribution in [-0.2, 0) is 0 Å². The molecule has 1 aliphatic heterocycles. The van der Waals surface area contributed by atoms with E-state index in [-0.39, 0.29) is 5.78 Å². The van der Waals surface area contributed by atoms with Crippen LogP contribution in [-0.4, -0.2) is 24.7 Å². The van der Waals surface area contributed by atoms with Gasteiger partial charge < -0.3 is 15.2 Å². The van der Waals surface area contributed by atoms with Crippen LogP contribution in [0.5, 0.6) is 11.5 Å². The van der Waals surface area contributed by atoms with Gasteiger partial charge >= 0.3 is 0 Å². The molecule has 0 unspecified atom stereocenters. The van der Waals surface area contributed by atoms with E-state index in [0.717, 1.165) is 4.90 Å². The van der Waals surface area contributed by atoms with E-state index in [4.69, 9.17) is 15.2 Å². The van der Waals surface area contributed by atoms with E-state index in [1.54, 1.807) is 12.1 Å². The maximum absolute atomic E-state index is 12.3. The number of thioether (sulfide) groups is 1. The van der Waals surface area contributed by atoms with E-state index in [1.807, 2.05) is 30.3 Å². The van der Waals surface area contributed by atoms with Gasteiger partial charge in [-0.05, 0) is 18.2 Å². The molecule has 3 rings (SSSR count). The first-order valence-electron chi connectivity index (χ1n) is 6.64. The fourth-order valence-electron chi connectivity index (χ4n) is 2.09. The molecular weight excluding hydrogens is 286 g/mol. The largest absolute Gasteiger partial charge is 0.486 e. The molecule has 108 valence electrons. The molecular formula is C16H15NO3S. The van der Waals surface area contributed by atoms with Crippen LogP contribution in [0.2, 0.25) is 0 Å². The molecule has 5 heteroatoms. The fourth-order valence-corrected chi connectivity index (χ4v) is 2.89. The molecule has 2 aromatic carbocycles. The van der Waals surface area contributed by atoms with Gasteiger partial charge in [-0.1, -0.05) is 18.2 Å². The molecule has 0 aliphatic carbocycles. The van der Waals surface area contributed by atoms with Gasteiger partial charge in [0.2, 0.25) is 0 Å². The Morgan fingerprint density at radius 3 is 2.48 bits per heavy atom. The van der Waals surface area contributed by atoms with Crippen LogP contribution in [0.3, 0.4) is 0 Å². The van der Waals surface area contributed by atoms with Crippen molar-refractivity contribution in [2.24, 2.45) is 0 Å². The number of ether oxygens (including phenoxy) is 2.